The van der Waals surface area contributed by atoms with Crippen LogP contribution in [0.15, 0.2) is 35.1 Å². The molecule has 0 amide bonds. The lowest BCUT2D eigenvalue weighted by Crippen LogP contribution is -2.01. The Morgan fingerprint density at radius 2 is 2.12 bits per heavy atom. The lowest BCUT2D eigenvalue weighted by atomic mass is 10.3. The molecule has 0 aliphatic heterocycles. The van der Waals surface area contributed by atoms with Crippen molar-refractivity contribution in [1.29, 1.82) is 0 Å². The summed E-state index contributed by atoms with van der Waals surface area (Å²) in [6.07, 6.45) is 0. The average Bonchev–Trinajstić information content (AvgIpc) is 2.28. The number of rotatable bonds is 4. The molecule has 0 aromatic heterocycles. The molecule has 1 rings (SSSR count). The molecule has 0 saturated carbocycles. The Labute approximate surface area is 92.2 Å². The van der Waals surface area contributed by atoms with E-state index < -0.39 is 14.8 Å². The van der Waals surface area contributed by atoms with Crippen molar-refractivity contribution in [2.45, 2.75) is 4.90 Å². The van der Waals surface area contributed by atoms with Crippen molar-refractivity contribution in [1.82, 2.24) is 0 Å². The lowest BCUT2D eigenvalue weighted by molar-refractivity contribution is -0.385. The van der Waals surface area contributed by atoms with Gasteiger partial charge >= 0.3 is 0 Å². The molecule has 0 radical (unpaired) electrons. The monoisotopic (exact) mass is 243 g/mol. The summed E-state index contributed by atoms with van der Waals surface area (Å²) in [7, 11) is -2.48. The van der Waals surface area contributed by atoms with Crippen LogP contribution in [-0.2, 0) is 9.84 Å². The molecular weight excluding hydrogens is 234 g/mol. The van der Waals surface area contributed by atoms with Crippen molar-refractivity contribution in [2.75, 3.05) is 7.11 Å². The van der Waals surface area contributed by atoms with E-state index in [1.165, 1.54) is 19.2 Å². The summed E-state index contributed by atoms with van der Waals surface area (Å²) in [5.41, 5.74) is -0.318. The van der Waals surface area contributed by atoms with Gasteiger partial charge in [0.2, 0.25) is 9.84 Å². The summed E-state index contributed by atoms with van der Waals surface area (Å²) < 4.78 is 27.9. The third-order valence-corrected chi connectivity index (χ3v) is 3.25. The Morgan fingerprint density at radius 3 is 2.56 bits per heavy atom. The summed E-state index contributed by atoms with van der Waals surface area (Å²) in [5, 5.41) is 11.2. The zero-order valence-electron chi connectivity index (χ0n) is 8.41. The maximum Gasteiger partial charge on any atom is 0.271 e. The largest absolute Gasteiger partial charge is 0.495 e. The van der Waals surface area contributed by atoms with Crippen LogP contribution < -0.4 is 4.74 Å². The number of methoxy groups -OCH3 is 1. The molecule has 16 heavy (non-hydrogen) atoms. The number of nitro groups is 1. The van der Waals surface area contributed by atoms with Crippen LogP contribution in [0.25, 0.3) is 0 Å². The summed E-state index contributed by atoms with van der Waals surface area (Å²) in [6.45, 7) is 3.15. The van der Waals surface area contributed by atoms with Crippen LogP contribution >= 0.6 is 0 Å². The Bertz CT molecular complexity index is 535. The molecule has 0 fully saturated rings. The molecule has 1 aromatic carbocycles. The Morgan fingerprint density at radius 1 is 1.50 bits per heavy atom. The fourth-order valence-electron chi connectivity index (χ4n) is 1.09. The van der Waals surface area contributed by atoms with Gasteiger partial charge < -0.3 is 4.74 Å². The Kier molecular flexibility index (Phi) is 3.28. The number of nitrogens with zero attached hydrogens (tertiary/aromatic N) is 1. The topological polar surface area (TPSA) is 86.5 Å². The molecule has 0 spiro atoms. The number of benzene rings is 1. The van der Waals surface area contributed by atoms with Crippen LogP contribution in [0.1, 0.15) is 0 Å². The van der Waals surface area contributed by atoms with E-state index in [0.29, 0.717) is 5.41 Å². The zero-order chi connectivity index (χ0) is 12.3. The number of nitro benzene ring substituents is 1. The van der Waals surface area contributed by atoms with E-state index in [2.05, 4.69) is 6.58 Å². The van der Waals surface area contributed by atoms with Gasteiger partial charge in [0.25, 0.3) is 5.69 Å². The van der Waals surface area contributed by atoms with Crippen LogP contribution in [0, 0.1) is 10.1 Å². The first-order chi connectivity index (χ1) is 7.42. The second kappa shape index (κ2) is 4.31. The Hall–Kier alpha value is -1.89. The van der Waals surface area contributed by atoms with Crippen molar-refractivity contribution in [3.05, 3.63) is 40.3 Å². The van der Waals surface area contributed by atoms with Crippen molar-refractivity contribution in [2.24, 2.45) is 0 Å². The first-order valence-electron chi connectivity index (χ1n) is 4.12. The molecule has 0 unspecified atom stereocenters. The highest BCUT2D eigenvalue weighted by atomic mass is 32.2. The van der Waals surface area contributed by atoms with Gasteiger partial charge in [-0.3, -0.25) is 10.1 Å². The summed E-state index contributed by atoms with van der Waals surface area (Å²) in [5.74, 6) is 0.0468. The van der Waals surface area contributed by atoms with Crippen LogP contribution in [0.3, 0.4) is 0 Å². The first kappa shape index (κ1) is 12.2. The van der Waals surface area contributed by atoms with Crippen LogP contribution in [0.2, 0.25) is 0 Å². The molecule has 6 nitrogen and oxygen atoms in total. The summed E-state index contributed by atoms with van der Waals surface area (Å²) >= 11 is 0. The molecule has 86 valence electrons. The molecule has 0 aliphatic rings. The van der Waals surface area contributed by atoms with Gasteiger partial charge in [0.15, 0.2) is 0 Å². The molecular formula is C9H9NO5S. The van der Waals surface area contributed by atoms with E-state index in [1.54, 1.807) is 0 Å². The van der Waals surface area contributed by atoms with E-state index in [1.807, 2.05) is 0 Å². The van der Waals surface area contributed by atoms with E-state index in [9.17, 15) is 18.5 Å². The number of hydrogen-bond donors (Lipinski definition) is 0. The second-order valence-electron chi connectivity index (χ2n) is 2.80. The standard InChI is InChI=1S/C9H9NO5S/c1-3-16(13,14)9-6-7(10(11)12)4-5-8(9)15-2/h3-6H,1H2,2H3. The van der Waals surface area contributed by atoms with E-state index in [0.717, 1.165) is 6.07 Å². The Balaban J connectivity index is 3.51. The minimum Gasteiger partial charge on any atom is -0.495 e. The third-order valence-electron chi connectivity index (χ3n) is 1.88. The number of non-ortho nitro benzene ring substituents is 1. The van der Waals surface area contributed by atoms with Crippen molar-refractivity contribution >= 4 is 15.5 Å². The quantitative estimate of drug-likeness (QED) is 0.591. The van der Waals surface area contributed by atoms with Gasteiger partial charge in [0, 0.05) is 17.5 Å². The van der Waals surface area contributed by atoms with E-state index >= 15 is 0 Å². The van der Waals surface area contributed by atoms with Gasteiger partial charge in [-0.05, 0) is 6.07 Å². The number of hydrogen-bond acceptors (Lipinski definition) is 5. The van der Waals surface area contributed by atoms with Crippen LogP contribution in [0.4, 0.5) is 5.69 Å². The maximum absolute atomic E-state index is 11.5. The number of ether oxygens (including phenoxy) is 1. The van der Waals surface area contributed by atoms with E-state index in [4.69, 9.17) is 4.74 Å². The normalized spacial score (nSPS) is 10.8. The van der Waals surface area contributed by atoms with Crippen LogP contribution in [0.5, 0.6) is 5.75 Å². The van der Waals surface area contributed by atoms with E-state index in [-0.39, 0.29) is 16.3 Å². The summed E-state index contributed by atoms with van der Waals surface area (Å²) in [4.78, 5) is 9.57. The molecule has 0 bridgehead atoms. The molecule has 0 atom stereocenters. The highest BCUT2D eigenvalue weighted by Gasteiger charge is 2.20. The predicted molar refractivity (Wildman–Crippen MR) is 57.0 cm³/mol. The third kappa shape index (κ3) is 2.19. The minimum atomic E-state index is -3.76. The first-order valence-corrected chi connectivity index (χ1v) is 5.67. The van der Waals surface area contributed by atoms with Gasteiger partial charge in [0.1, 0.15) is 10.6 Å². The minimum absolute atomic E-state index is 0.0468. The SMILES string of the molecule is C=CS(=O)(=O)c1cc([N+](=O)[O-])ccc1OC. The highest BCUT2D eigenvalue weighted by Crippen LogP contribution is 2.29. The maximum atomic E-state index is 11.5. The number of sulfone groups is 1. The van der Waals surface area contributed by atoms with Crippen LogP contribution in [-0.4, -0.2) is 20.5 Å². The van der Waals surface area contributed by atoms with Crippen molar-refractivity contribution in [3.63, 3.8) is 0 Å². The molecule has 0 N–H and O–H groups in total. The van der Waals surface area contributed by atoms with Crippen molar-refractivity contribution < 1.29 is 18.1 Å². The predicted octanol–water partition coefficient (Wildman–Crippen LogP) is 1.52. The highest BCUT2D eigenvalue weighted by molar-refractivity contribution is 7.94. The molecule has 0 saturated heterocycles. The van der Waals surface area contributed by atoms with Crippen molar-refractivity contribution in [3.8, 4) is 5.75 Å². The smallest absolute Gasteiger partial charge is 0.271 e. The van der Waals surface area contributed by atoms with Gasteiger partial charge in [0.05, 0.1) is 12.0 Å². The van der Waals surface area contributed by atoms with Gasteiger partial charge in [-0.25, -0.2) is 8.42 Å². The molecule has 0 aliphatic carbocycles. The van der Waals surface area contributed by atoms with Gasteiger partial charge in [-0.15, -0.1) is 0 Å². The van der Waals surface area contributed by atoms with Gasteiger partial charge in [-0.2, -0.15) is 0 Å². The summed E-state index contributed by atoms with van der Waals surface area (Å²) in [6, 6.07) is 3.34. The lowest BCUT2D eigenvalue weighted by Gasteiger charge is -2.05. The average molecular weight is 243 g/mol. The zero-order valence-corrected chi connectivity index (χ0v) is 9.23. The molecule has 1 aromatic rings. The second-order valence-corrected chi connectivity index (χ2v) is 4.67. The fraction of sp³-hybridized carbons (Fsp3) is 0.111. The fourth-order valence-corrected chi connectivity index (χ4v) is 1.99. The van der Waals surface area contributed by atoms with Gasteiger partial charge in [-0.1, -0.05) is 6.58 Å². The molecule has 7 heteroatoms. The molecule has 0 heterocycles.